The van der Waals surface area contributed by atoms with Gasteiger partial charge in [0.15, 0.2) is 0 Å². The molecule has 1 unspecified atom stereocenters. The SMILES string of the molecule is CCC(CC)n1ccc(CC2(C3CC3)CCCCCN2)n1. The van der Waals surface area contributed by atoms with Crippen LogP contribution in [0.4, 0.5) is 0 Å². The van der Waals surface area contributed by atoms with Gasteiger partial charge in [0.05, 0.1) is 11.7 Å². The van der Waals surface area contributed by atoms with Crippen LogP contribution >= 0.6 is 0 Å². The summed E-state index contributed by atoms with van der Waals surface area (Å²) in [6.07, 6.45) is 14.0. The van der Waals surface area contributed by atoms with Crippen LogP contribution in [0.15, 0.2) is 12.3 Å². The Morgan fingerprint density at radius 3 is 2.81 bits per heavy atom. The number of hydrogen-bond donors (Lipinski definition) is 1. The molecule has 1 N–H and O–H groups in total. The van der Waals surface area contributed by atoms with Gasteiger partial charge in [-0.1, -0.05) is 26.7 Å². The van der Waals surface area contributed by atoms with Gasteiger partial charge < -0.3 is 5.32 Å². The molecule has 118 valence electrons. The van der Waals surface area contributed by atoms with E-state index in [-0.39, 0.29) is 0 Å². The van der Waals surface area contributed by atoms with Gasteiger partial charge in [-0.2, -0.15) is 5.10 Å². The van der Waals surface area contributed by atoms with E-state index in [2.05, 4.69) is 36.1 Å². The molecule has 0 aromatic carbocycles. The van der Waals surface area contributed by atoms with E-state index in [9.17, 15) is 0 Å². The zero-order chi connectivity index (χ0) is 14.7. The highest BCUT2D eigenvalue weighted by Gasteiger charge is 2.45. The summed E-state index contributed by atoms with van der Waals surface area (Å²) >= 11 is 0. The van der Waals surface area contributed by atoms with Crippen molar-refractivity contribution in [2.75, 3.05) is 6.54 Å². The average molecular weight is 289 g/mol. The monoisotopic (exact) mass is 289 g/mol. The van der Waals surface area contributed by atoms with Gasteiger partial charge in [-0.15, -0.1) is 0 Å². The van der Waals surface area contributed by atoms with Crippen molar-refractivity contribution in [3.63, 3.8) is 0 Å². The van der Waals surface area contributed by atoms with Crippen molar-refractivity contribution in [2.45, 2.75) is 83.2 Å². The highest BCUT2D eigenvalue weighted by molar-refractivity contribution is 5.12. The molecule has 3 rings (SSSR count). The first-order valence-electron chi connectivity index (χ1n) is 9.06. The van der Waals surface area contributed by atoms with Crippen LogP contribution in [0.5, 0.6) is 0 Å². The minimum atomic E-state index is 0.351. The van der Waals surface area contributed by atoms with Crippen molar-refractivity contribution in [2.24, 2.45) is 5.92 Å². The molecule has 0 radical (unpaired) electrons. The third-order valence-corrected chi connectivity index (χ3v) is 5.61. The van der Waals surface area contributed by atoms with Crippen molar-refractivity contribution < 1.29 is 0 Å². The molecule has 1 atom stereocenters. The van der Waals surface area contributed by atoms with Crippen molar-refractivity contribution in [3.8, 4) is 0 Å². The molecule has 1 aliphatic carbocycles. The fourth-order valence-corrected chi connectivity index (χ4v) is 4.11. The summed E-state index contributed by atoms with van der Waals surface area (Å²) in [5.41, 5.74) is 1.65. The Bertz CT molecular complexity index is 435. The van der Waals surface area contributed by atoms with E-state index in [4.69, 9.17) is 5.10 Å². The Hall–Kier alpha value is -0.830. The minimum absolute atomic E-state index is 0.351. The Morgan fingerprint density at radius 1 is 1.29 bits per heavy atom. The van der Waals surface area contributed by atoms with Crippen molar-refractivity contribution in [1.82, 2.24) is 15.1 Å². The smallest absolute Gasteiger partial charge is 0.0643 e. The van der Waals surface area contributed by atoms with Gasteiger partial charge in [-0.05, 0) is 57.1 Å². The van der Waals surface area contributed by atoms with Crippen LogP contribution < -0.4 is 5.32 Å². The lowest BCUT2D eigenvalue weighted by molar-refractivity contribution is 0.267. The first-order valence-corrected chi connectivity index (χ1v) is 9.06. The summed E-state index contributed by atoms with van der Waals surface area (Å²) < 4.78 is 2.20. The molecule has 2 aliphatic rings. The summed E-state index contributed by atoms with van der Waals surface area (Å²) in [6, 6.07) is 2.83. The highest BCUT2D eigenvalue weighted by atomic mass is 15.3. The van der Waals surface area contributed by atoms with E-state index >= 15 is 0 Å². The molecular weight excluding hydrogens is 258 g/mol. The molecule has 21 heavy (non-hydrogen) atoms. The van der Waals surface area contributed by atoms with Crippen LogP contribution in [0.25, 0.3) is 0 Å². The molecule has 0 bridgehead atoms. The van der Waals surface area contributed by atoms with E-state index < -0.39 is 0 Å². The molecule has 0 spiro atoms. The zero-order valence-electron chi connectivity index (χ0n) is 13.8. The molecule has 1 aliphatic heterocycles. The van der Waals surface area contributed by atoms with E-state index in [1.54, 1.807) is 0 Å². The van der Waals surface area contributed by atoms with Crippen LogP contribution in [0.1, 0.15) is 76.9 Å². The second-order valence-electron chi connectivity index (χ2n) is 7.10. The second-order valence-corrected chi connectivity index (χ2v) is 7.10. The largest absolute Gasteiger partial charge is 0.311 e. The topological polar surface area (TPSA) is 29.9 Å². The van der Waals surface area contributed by atoms with Gasteiger partial charge in [0, 0.05) is 18.2 Å². The first-order chi connectivity index (χ1) is 10.3. The lowest BCUT2D eigenvalue weighted by atomic mass is 9.83. The predicted octanol–water partition coefficient (Wildman–Crippen LogP) is 4.10. The van der Waals surface area contributed by atoms with E-state index in [0.29, 0.717) is 11.6 Å². The maximum Gasteiger partial charge on any atom is 0.0643 e. The van der Waals surface area contributed by atoms with Crippen LogP contribution in [-0.4, -0.2) is 21.9 Å². The predicted molar refractivity (Wildman–Crippen MR) is 87.5 cm³/mol. The average Bonchev–Trinajstić information content (AvgIpc) is 3.28. The molecule has 2 fully saturated rings. The van der Waals surface area contributed by atoms with E-state index in [1.165, 1.54) is 63.6 Å². The molecule has 3 heteroatoms. The van der Waals surface area contributed by atoms with Gasteiger partial charge in [-0.25, -0.2) is 0 Å². The Labute approximate surface area is 129 Å². The number of aromatic nitrogens is 2. The number of rotatable bonds is 6. The van der Waals surface area contributed by atoms with E-state index in [0.717, 1.165) is 12.3 Å². The number of nitrogens with one attached hydrogen (secondary N) is 1. The van der Waals surface area contributed by atoms with Crippen LogP contribution in [0.3, 0.4) is 0 Å². The Balaban J connectivity index is 1.74. The maximum absolute atomic E-state index is 4.91. The van der Waals surface area contributed by atoms with Gasteiger partial charge in [-0.3, -0.25) is 4.68 Å². The number of nitrogens with zero attached hydrogens (tertiary/aromatic N) is 2. The van der Waals surface area contributed by atoms with Gasteiger partial charge in [0.2, 0.25) is 0 Å². The molecule has 1 saturated heterocycles. The lowest BCUT2D eigenvalue weighted by Crippen LogP contribution is -2.48. The van der Waals surface area contributed by atoms with Crippen LogP contribution in [-0.2, 0) is 6.42 Å². The molecule has 1 aromatic heterocycles. The Kier molecular flexibility index (Phi) is 4.68. The Morgan fingerprint density at radius 2 is 2.10 bits per heavy atom. The molecular formula is C18H31N3. The first kappa shape index (κ1) is 15.1. The molecule has 0 amide bonds. The standard InChI is InChI=1S/C18H31N3/c1-3-17(4-2)21-13-10-16(20-21)14-18(15-8-9-15)11-6-5-7-12-19-18/h10,13,15,17,19H,3-9,11-12,14H2,1-2H3. The highest BCUT2D eigenvalue weighted by Crippen LogP contribution is 2.45. The summed E-state index contributed by atoms with van der Waals surface area (Å²) in [5.74, 6) is 0.897. The minimum Gasteiger partial charge on any atom is -0.311 e. The summed E-state index contributed by atoms with van der Waals surface area (Å²) in [5, 5.41) is 8.83. The molecule has 1 saturated carbocycles. The van der Waals surface area contributed by atoms with Crippen molar-refractivity contribution in [1.29, 1.82) is 0 Å². The maximum atomic E-state index is 4.91. The quantitative estimate of drug-likeness (QED) is 0.854. The number of hydrogen-bond acceptors (Lipinski definition) is 2. The summed E-state index contributed by atoms with van der Waals surface area (Å²) in [7, 11) is 0. The fraction of sp³-hybridized carbons (Fsp3) is 0.833. The third kappa shape index (κ3) is 3.33. The van der Waals surface area contributed by atoms with Crippen LogP contribution in [0, 0.1) is 5.92 Å². The molecule has 3 nitrogen and oxygen atoms in total. The summed E-state index contributed by atoms with van der Waals surface area (Å²) in [4.78, 5) is 0. The molecule has 1 aromatic rings. The van der Waals surface area contributed by atoms with E-state index in [1.807, 2.05) is 0 Å². The van der Waals surface area contributed by atoms with Gasteiger partial charge >= 0.3 is 0 Å². The van der Waals surface area contributed by atoms with Crippen molar-refractivity contribution in [3.05, 3.63) is 18.0 Å². The van der Waals surface area contributed by atoms with Gasteiger partial charge in [0.25, 0.3) is 0 Å². The second kappa shape index (κ2) is 6.51. The fourth-order valence-electron chi connectivity index (χ4n) is 4.11. The third-order valence-electron chi connectivity index (χ3n) is 5.61. The normalized spacial score (nSPS) is 27.0. The van der Waals surface area contributed by atoms with Gasteiger partial charge in [0.1, 0.15) is 0 Å². The van der Waals surface area contributed by atoms with Crippen molar-refractivity contribution >= 4 is 0 Å². The summed E-state index contributed by atoms with van der Waals surface area (Å²) in [6.45, 7) is 5.71. The molecule has 2 heterocycles. The van der Waals surface area contributed by atoms with Crippen LogP contribution in [0.2, 0.25) is 0 Å². The lowest BCUT2D eigenvalue weighted by Gasteiger charge is -2.34. The zero-order valence-corrected chi connectivity index (χ0v) is 13.8.